The number of hydrogen-bond acceptors (Lipinski definition) is 4. The van der Waals surface area contributed by atoms with Crippen LogP contribution in [0.3, 0.4) is 0 Å². The second kappa shape index (κ2) is 11.7. The molecule has 0 spiro atoms. The van der Waals surface area contributed by atoms with Crippen LogP contribution in [0.25, 0.3) is 0 Å². The third-order valence-corrected chi connectivity index (χ3v) is 6.38. The van der Waals surface area contributed by atoms with Crippen molar-refractivity contribution in [3.63, 3.8) is 0 Å². The summed E-state index contributed by atoms with van der Waals surface area (Å²) in [6.07, 6.45) is 3.49. The predicted molar refractivity (Wildman–Crippen MR) is 130 cm³/mol. The topological polar surface area (TPSA) is 67.9 Å². The van der Waals surface area contributed by atoms with Gasteiger partial charge < -0.3 is 19.7 Å². The molecule has 2 aromatic rings. The van der Waals surface area contributed by atoms with Crippen LogP contribution in [0.2, 0.25) is 0 Å². The molecule has 0 bridgehead atoms. The van der Waals surface area contributed by atoms with Gasteiger partial charge in [-0.25, -0.2) is 0 Å². The van der Waals surface area contributed by atoms with Crippen molar-refractivity contribution in [3.05, 3.63) is 59.2 Å². The molecule has 1 fully saturated rings. The summed E-state index contributed by atoms with van der Waals surface area (Å²) in [7, 11) is 3.29. The maximum atomic E-state index is 13.4. The van der Waals surface area contributed by atoms with E-state index in [4.69, 9.17) is 9.47 Å². The average molecular weight is 453 g/mol. The lowest BCUT2D eigenvalue weighted by Crippen LogP contribution is -2.48. The van der Waals surface area contributed by atoms with Crippen LogP contribution in [0, 0.1) is 12.8 Å². The molecule has 0 saturated carbocycles. The van der Waals surface area contributed by atoms with E-state index in [9.17, 15) is 9.59 Å². The highest BCUT2D eigenvalue weighted by Gasteiger charge is 2.41. The Morgan fingerprint density at radius 1 is 1.12 bits per heavy atom. The minimum atomic E-state index is -0.331. The highest BCUT2D eigenvalue weighted by molar-refractivity contribution is 5.85. The van der Waals surface area contributed by atoms with Gasteiger partial charge in [0.05, 0.1) is 26.2 Å². The Hall–Kier alpha value is -3.02. The molecule has 33 heavy (non-hydrogen) atoms. The fourth-order valence-corrected chi connectivity index (χ4v) is 4.67. The van der Waals surface area contributed by atoms with Crippen molar-refractivity contribution < 1.29 is 19.1 Å². The maximum Gasteiger partial charge on any atom is 0.225 e. The number of aryl methyl sites for hydroxylation is 1. The van der Waals surface area contributed by atoms with Crippen molar-refractivity contribution in [1.82, 2.24) is 10.2 Å². The Morgan fingerprint density at radius 3 is 2.61 bits per heavy atom. The summed E-state index contributed by atoms with van der Waals surface area (Å²) in [5.74, 6) is 1.30. The van der Waals surface area contributed by atoms with Crippen LogP contribution >= 0.6 is 0 Å². The van der Waals surface area contributed by atoms with E-state index in [1.807, 2.05) is 48.2 Å². The number of nitrogens with one attached hydrogen (secondary N) is 1. The molecule has 1 heterocycles. The van der Waals surface area contributed by atoms with E-state index in [0.29, 0.717) is 38.1 Å². The summed E-state index contributed by atoms with van der Waals surface area (Å²) >= 11 is 0. The van der Waals surface area contributed by atoms with Gasteiger partial charge in [-0.3, -0.25) is 9.59 Å². The zero-order valence-electron chi connectivity index (χ0n) is 20.2. The summed E-state index contributed by atoms with van der Waals surface area (Å²) in [5, 5.41) is 3.13. The third kappa shape index (κ3) is 5.86. The lowest BCUT2D eigenvalue weighted by molar-refractivity contribution is -0.143. The Bertz CT molecular complexity index is 959. The van der Waals surface area contributed by atoms with Gasteiger partial charge in [-0.1, -0.05) is 49.2 Å². The number of carbonyl (C=O) groups is 2. The van der Waals surface area contributed by atoms with E-state index in [1.54, 1.807) is 14.2 Å². The van der Waals surface area contributed by atoms with E-state index >= 15 is 0 Å². The van der Waals surface area contributed by atoms with Gasteiger partial charge in [0.1, 0.15) is 11.5 Å². The maximum absolute atomic E-state index is 13.4. The number of ether oxygens (including phenoxy) is 2. The van der Waals surface area contributed by atoms with Gasteiger partial charge in [0.15, 0.2) is 0 Å². The zero-order chi connectivity index (χ0) is 23.8. The van der Waals surface area contributed by atoms with E-state index < -0.39 is 0 Å². The highest BCUT2D eigenvalue weighted by Crippen LogP contribution is 2.40. The molecule has 6 heteroatoms. The predicted octanol–water partition coefficient (Wildman–Crippen LogP) is 4.45. The van der Waals surface area contributed by atoms with Crippen molar-refractivity contribution in [3.8, 4) is 11.5 Å². The molecule has 0 aromatic heterocycles. The molecule has 3 rings (SSSR count). The molecule has 1 N–H and O–H groups in total. The Labute approximate surface area is 197 Å². The van der Waals surface area contributed by atoms with Crippen LogP contribution in [0.4, 0.5) is 0 Å². The summed E-state index contributed by atoms with van der Waals surface area (Å²) in [6.45, 7) is 5.30. The molecule has 0 radical (unpaired) electrons. The molecule has 2 aromatic carbocycles. The first kappa shape index (κ1) is 24.6. The zero-order valence-corrected chi connectivity index (χ0v) is 20.2. The lowest BCUT2D eigenvalue weighted by atomic mass is 9.83. The number of amides is 2. The van der Waals surface area contributed by atoms with Crippen molar-refractivity contribution in [2.24, 2.45) is 5.92 Å². The number of para-hydroxylation sites is 1. The minimum absolute atomic E-state index is 0.0217. The number of likely N-dealkylation sites (tertiary alicyclic amines) is 1. The van der Waals surface area contributed by atoms with Gasteiger partial charge in [0.2, 0.25) is 11.8 Å². The van der Waals surface area contributed by atoms with Gasteiger partial charge in [-0.15, -0.1) is 0 Å². The quantitative estimate of drug-likeness (QED) is 0.578. The van der Waals surface area contributed by atoms with Crippen molar-refractivity contribution in [1.29, 1.82) is 0 Å². The molecule has 2 unspecified atom stereocenters. The first-order chi connectivity index (χ1) is 16.0. The van der Waals surface area contributed by atoms with Crippen molar-refractivity contribution in [2.75, 3.05) is 27.3 Å². The fourth-order valence-electron chi connectivity index (χ4n) is 4.67. The smallest absolute Gasteiger partial charge is 0.225 e. The largest absolute Gasteiger partial charge is 0.496 e. The molecular weight excluding hydrogens is 416 g/mol. The Morgan fingerprint density at radius 2 is 1.88 bits per heavy atom. The minimum Gasteiger partial charge on any atom is -0.496 e. The van der Waals surface area contributed by atoms with Gasteiger partial charge in [-0.2, -0.15) is 0 Å². The molecule has 2 amide bonds. The van der Waals surface area contributed by atoms with Gasteiger partial charge in [0.25, 0.3) is 0 Å². The van der Waals surface area contributed by atoms with E-state index in [0.717, 1.165) is 35.3 Å². The summed E-state index contributed by atoms with van der Waals surface area (Å²) < 4.78 is 11.1. The second-order valence-electron chi connectivity index (χ2n) is 8.63. The number of nitrogens with zero attached hydrogens (tertiary/aromatic N) is 1. The van der Waals surface area contributed by atoms with Crippen LogP contribution < -0.4 is 14.8 Å². The van der Waals surface area contributed by atoms with Crippen molar-refractivity contribution in [2.45, 2.75) is 52.0 Å². The first-order valence-electron chi connectivity index (χ1n) is 11.8. The number of carbonyl (C=O) groups excluding carboxylic acids is 2. The second-order valence-corrected chi connectivity index (χ2v) is 8.63. The molecule has 2 atom stereocenters. The van der Waals surface area contributed by atoms with Gasteiger partial charge >= 0.3 is 0 Å². The molecule has 1 saturated heterocycles. The summed E-state index contributed by atoms with van der Waals surface area (Å²) in [4.78, 5) is 28.2. The van der Waals surface area contributed by atoms with Crippen LogP contribution in [0.1, 0.15) is 55.3 Å². The van der Waals surface area contributed by atoms with Crippen LogP contribution in [0.5, 0.6) is 11.5 Å². The molecular formula is C27H36N2O4. The first-order valence-corrected chi connectivity index (χ1v) is 11.8. The van der Waals surface area contributed by atoms with Crippen molar-refractivity contribution >= 4 is 11.8 Å². The molecule has 178 valence electrons. The average Bonchev–Trinajstić information content (AvgIpc) is 2.83. The van der Waals surface area contributed by atoms with Gasteiger partial charge in [0, 0.05) is 25.1 Å². The molecule has 0 aliphatic carbocycles. The molecule has 6 nitrogen and oxygen atoms in total. The Balaban J connectivity index is 1.80. The third-order valence-electron chi connectivity index (χ3n) is 6.38. The number of piperidine rings is 1. The molecule has 1 aliphatic rings. The van der Waals surface area contributed by atoms with Crippen LogP contribution in [-0.4, -0.2) is 44.0 Å². The normalized spacial score (nSPS) is 18.2. The number of methoxy groups -OCH3 is 2. The Kier molecular flexibility index (Phi) is 8.75. The van der Waals surface area contributed by atoms with Gasteiger partial charge in [-0.05, 0) is 43.9 Å². The monoisotopic (exact) mass is 452 g/mol. The summed E-state index contributed by atoms with van der Waals surface area (Å²) in [5.41, 5.74) is 3.12. The highest BCUT2D eigenvalue weighted by atomic mass is 16.5. The van der Waals surface area contributed by atoms with E-state index in [2.05, 4.69) is 18.3 Å². The number of unbranched alkanes of at least 4 members (excludes halogenated alkanes) is 1. The SMILES string of the molecule is CCCCN1C(=O)CCC(C(=O)NCCc2cc(C)ccc2OC)C1c1ccccc1OC. The summed E-state index contributed by atoms with van der Waals surface area (Å²) in [6, 6.07) is 13.5. The number of benzene rings is 2. The molecule has 1 aliphatic heterocycles. The van der Waals surface area contributed by atoms with E-state index in [-0.39, 0.29) is 23.8 Å². The van der Waals surface area contributed by atoms with Crippen LogP contribution in [0.15, 0.2) is 42.5 Å². The number of rotatable bonds is 10. The lowest BCUT2D eigenvalue weighted by Gasteiger charge is -2.41. The fraction of sp³-hybridized carbons (Fsp3) is 0.481. The van der Waals surface area contributed by atoms with E-state index in [1.165, 1.54) is 0 Å². The number of hydrogen-bond donors (Lipinski definition) is 1. The van der Waals surface area contributed by atoms with Crippen LogP contribution in [-0.2, 0) is 16.0 Å². The standard InChI is InChI=1S/C27H36N2O4/c1-5-6-17-29-25(30)14-12-22(26(29)21-9-7-8-10-24(21)33-4)27(31)28-16-15-20-18-19(2)11-13-23(20)32-3/h7-11,13,18,22,26H,5-6,12,14-17H2,1-4H3,(H,28,31).